The van der Waals surface area contributed by atoms with Gasteiger partial charge in [0.25, 0.3) is 5.92 Å². The molecular weight excluding hydrogens is 466 g/mol. The number of fused-ring (bicyclic) bond motifs is 1. The van der Waals surface area contributed by atoms with Crippen LogP contribution in [0.4, 0.5) is 20.3 Å². The van der Waals surface area contributed by atoms with E-state index in [9.17, 15) is 23.9 Å². The summed E-state index contributed by atoms with van der Waals surface area (Å²) in [5.41, 5.74) is 1.30. The summed E-state index contributed by atoms with van der Waals surface area (Å²) in [7, 11) is 0. The third-order valence-electron chi connectivity index (χ3n) is 5.97. The molecule has 0 saturated heterocycles. The molecule has 3 aromatic rings. The number of carboxylic acids is 1. The van der Waals surface area contributed by atoms with E-state index in [0.29, 0.717) is 16.6 Å². The number of hydrogen-bond donors (Lipinski definition) is 3. The van der Waals surface area contributed by atoms with Gasteiger partial charge in [-0.25, -0.2) is 28.5 Å². The smallest absolute Gasteiger partial charge is 0.356 e. The van der Waals surface area contributed by atoms with E-state index >= 15 is 0 Å². The average molecular weight is 487 g/mol. The number of carbonyl (C=O) groups is 1. The Morgan fingerprint density at radius 3 is 2.65 bits per heavy atom. The first-order valence-electron chi connectivity index (χ1n) is 10.4. The molecule has 0 bridgehead atoms. The second-order valence-electron chi connectivity index (χ2n) is 8.75. The van der Waals surface area contributed by atoms with Crippen molar-refractivity contribution in [2.75, 3.05) is 17.2 Å². The highest BCUT2D eigenvalue weighted by atomic mass is 35.5. The highest BCUT2D eigenvalue weighted by Crippen LogP contribution is 2.60. The van der Waals surface area contributed by atoms with Gasteiger partial charge in [0.05, 0.1) is 28.2 Å². The van der Waals surface area contributed by atoms with E-state index in [0.717, 1.165) is 5.56 Å². The number of aromatic carboxylic acids is 1. The van der Waals surface area contributed by atoms with Crippen molar-refractivity contribution >= 4 is 40.1 Å². The van der Waals surface area contributed by atoms with Crippen molar-refractivity contribution in [1.82, 2.24) is 15.0 Å². The van der Waals surface area contributed by atoms with Crippen LogP contribution in [-0.2, 0) is 0 Å². The van der Waals surface area contributed by atoms with E-state index in [1.807, 2.05) is 26.0 Å². The molecule has 2 heterocycles. The number of rotatable bonds is 7. The Morgan fingerprint density at radius 1 is 1.32 bits per heavy atom. The van der Waals surface area contributed by atoms with Gasteiger partial charge < -0.3 is 15.7 Å². The fourth-order valence-corrected chi connectivity index (χ4v) is 3.95. The molecule has 0 amide bonds. The van der Waals surface area contributed by atoms with Crippen LogP contribution < -0.4 is 10.6 Å². The highest BCUT2D eigenvalue weighted by molar-refractivity contribution is 6.29. The minimum Gasteiger partial charge on any atom is -0.476 e. The Morgan fingerprint density at radius 2 is 2.03 bits per heavy atom. The van der Waals surface area contributed by atoms with Crippen molar-refractivity contribution < 1.29 is 18.7 Å². The van der Waals surface area contributed by atoms with Crippen LogP contribution in [0.1, 0.15) is 53.6 Å². The van der Waals surface area contributed by atoms with Gasteiger partial charge in [0.15, 0.2) is 17.2 Å². The van der Waals surface area contributed by atoms with Gasteiger partial charge in [-0.15, -0.1) is 0 Å². The Kier molecular flexibility index (Phi) is 5.77. The number of halogens is 3. The number of hydrogen-bond acceptors (Lipinski definition) is 7. The summed E-state index contributed by atoms with van der Waals surface area (Å²) in [6, 6.07) is 8.17. The maximum atomic E-state index is 13.7. The van der Waals surface area contributed by atoms with Gasteiger partial charge in [-0.2, -0.15) is 5.26 Å². The zero-order valence-electron chi connectivity index (χ0n) is 18.6. The van der Waals surface area contributed by atoms with Crippen LogP contribution in [0.3, 0.4) is 0 Å². The molecule has 8 nitrogen and oxygen atoms in total. The third-order valence-corrected chi connectivity index (χ3v) is 6.18. The van der Waals surface area contributed by atoms with E-state index in [2.05, 4.69) is 25.6 Å². The minimum absolute atomic E-state index is 0.00675. The molecule has 2 aromatic heterocycles. The molecule has 1 fully saturated rings. The quantitative estimate of drug-likeness (QED) is 0.390. The molecule has 0 radical (unpaired) electrons. The second kappa shape index (κ2) is 8.33. The van der Waals surface area contributed by atoms with Gasteiger partial charge in [-0.1, -0.05) is 24.6 Å². The largest absolute Gasteiger partial charge is 0.476 e. The second-order valence-corrected chi connectivity index (χ2v) is 9.14. The van der Waals surface area contributed by atoms with Crippen LogP contribution in [0.15, 0.2) is 24.3 Å². The number of aromatic nitrogens is 3. The number of nitriles is 1. The van der Waals surface area contributed by atoms with Gasteiger partial charge in [0.1, 0.15) is 11.2 Å². The first kappa shape index (κ1) is 23.6. The first-order valence-corrected chi connectivity index (χ1v) is 10.8. The summed E-state index contributed by atoms with van der Waals surface area (Å²) in [6.07, 6.45) is -0.234. The van der Waals surface area contributed by atoms with Gasteiger partial charge in [-0.05, 0) is 37.6 Å². The lowest BCUT2D eigenvalue weighted by Crippen LogP contribution is -2.20. The van der Waals surface area contributed by atoms with E-state index in [1.165, 1.54) is 19.1 Å². The SMILES string of the molecule is Cc1cc([C@@H](C)Nc2ccc(Cl)nc2C(=O)O)c2nc(NCC3(C)CC3(F)F)c(C#N)nc2c1. The number of nitrogens with one attached hydrogen (secondary N) is 2. The first-order chi connectivity index (χ1) is 15.9. The standard InChI is InChI=1S/C23H21ClF2N6O2/c1-11-6-13(12(2)29-14-4-5-17(24)31-19(14)21(33)34)18-15(7-11)30-16(8-27)20(32-18)28-10-22(3)9-23(22,25)26/h4-7,12,29H,9-10H2,1-3H3,(H,28,32)(H,33,34)/t12-,22?/m1/s1. The van der Waals surface area contributed by atoms with Crippen LogP contribution >= 0.6 is 11.6 Å². The molecule has 176 valence electrons. The number of carboxylic acid groups (broad SMARTS) is 1. The Bertz CT molecular complexity index is 1360. The molecular formula is C23H21ClF2N6O2. The number of benzene rings is 1. The van der Waals surface area contributed by atoms with E-state index in [4.69, 9.17) is 11.6 Å². The summed E-state index contributed by atoms with van der Waals surface area (Å²) in [5, 5.41) is 25.1. The lowest BCUT2D eigenvalue weighted by molar-refractivity contribution is 0.0690. The Balaban J connectivity index is 1.72. The summed E-state index contributed by atoms with van der Waals surface area (Å²) in [5.74, 6) is -3.87. The van der Waals surface area contributed by atoms with Crippen LogP contribution in [0.2, 0.25) is 5.15 Å². The molecule has 1 aliphatic rings. The fourth-order valence-electron chi connectivity index (χ4n) is 3.81. The molecule has 0 aliphatic heterocycles. The van der Waals surface area contributed by atoms with Crippen molar-refractivity contribution in [3.05, 3.63) is 51.9 Å². The molecule has 1 unspecified atom stereocenters. The fraction of sp³-hybridized carbons (Fsp3) is 0.348. The third kappa shape index (κ3) is 4.31. The normalized spacial score (nSPS) is 19.3. The molecule has 2 atom stereocenters. The van der Waals surface area contributed by atoms with Crippen LogP contribution in [0.5, 0.6) is 0 Å². The van der Waals surface area contributed by atoms with Crippen molar-refractivity contribution in [2.45, 2.75) is 39.2 Å². The van der Waals surface area contributed by atoms with Crippen molar-refractivity contribution in [3.63, 3.8) is 0 Å². The monoisotopic (exact) mass is 486 g/mol. The van der Waals surface area contributed by atoms with E-state index in [1.54, 1.807) is 6.07 Å². The van der Waals surface area contributed by atoms with E-state index < -0.39 is 23.3 Å². The highest BCUT2D eigenvalue weighted by Gasteiger charge is 2.67. The molecule has 4 rings (SSSR count). The predicted molar refractivity (Wildman–Crippen MR) is 123 cm³/mol. The van der Waals surface area contributed by atoms with Crippen molar-refractivity contribution in [1.29, 1.82) is 5.26 Å². The summed E-state index contributed by atoms with van der Waals surface area (Å²) < 4.78 is 27.3. The molecule has 34 heavy (non-hydrogen) atoms. The summed E-state index contributed by atoms with van der Waals surface area (Å²) >= 11 is 5.84. The molecule has 3 N–H and O–H groups in total. The van der Waals surface area contributed by atoms with Crippen molar-refractivity contribution in [3.8, 4) is 6.07 Å². The van der Waals surface area contributed by atoms with Gasteiger partial charge in [0, 0.05) is 18.5 Å². The van der Waals surface area contributed by atoms with E-state index in [-0.39, 0.29) is 41.0 Å². The van der Waals surface area contributed by atoms with Crippen LogP contribution in [0.25, 0.3) is 11.0 Å². The lowest BCUT2D eigenvalue weighted by atomic mass is 10.0. The number of alkyl halides is 2. The van der Waals surface area contributed by atoms with Crippen molar-refractivity contribution in [2.24, 2.45) is 5.41 Å². The maximum Gasteiger partial charge on any atom is 0.356 e. The zero-order valence-corrected chi connectivity index (χ0v) is 19.3. The number of pyridine rings is 1. The maximum absolute atomic E-state index is 13.7. The van der Waals surface area contributed by atoms with Crippen LogP contribution in [-0.4, -0.2) is 38.5 Å². The summed E-state index contributed by atoms with van der Waals surface area (Å²) in [6.45, 7) is 5.09. The molecule has 1 saturated carbocycles. The van der Waals surface area contributed by atoms with Gasteiger partial charge in [0.2, 0.25) is 0 Å². The van der Waals surface area contributed by atoms with Gasteiger partial charge in [-0.3, -0.25) is 0 Å². The summed E-state index contributed by atoms with van der Waals surface area (Å²) in [4.78, 5) is 24.4. The lowest BCUT2D eigenvalue weighted by Gasteiger charge is -2.20. The molecule has 1 aromatic carbocycles. The number of nitrogens with zero attached hydrogens (tertiary/aromatic N) is 4. The predicted octanol–water partition coefficient (Wildman–Crippen LogP) is 5.19. The topological polar surface area (TPSA) is 124 Å². The molecule has 0 spiro atoms. The molecule has 1 aliphatic carbocycles. The average Bonchev–Trinajstić information content (AvgIpc) is 3.29. The van der Waals surface area contributed by atoms with Gasteiger partial charge >= 0.3 is 5.97 Å². The molecule has 11 heteroatoms. The Hall–Kier alpha value is -3.58. The minimum atomic E-state index is -2.76. The number of anilines is 2. The Labute approximate surface area is 199 Å². The number of aryl methyl sites for hydroxylation is 1. The zero-order chi connectivity index (χ0) is 24.8. The van der Waals surface area contributed by atoms with Crippen LogP contribution in [0, 0.1) is 23.7 Å².